The van der Waals surface area contributed by atoms with Crippen molar-refractivity contribution in [3.8, 4) is 0 Å². The number of aliphatic hydroxyl groups is 4. The van der Waals surface area contributed by atoms with Crippen molar-refractivity contribution in [3.63, 3.8) is 0 Å². The number of unbranched alkanes of at least 4 members (excludes halogenated alkanes) is 2. The summed E-state index contributed by atoms with van der Waals surface area (Å²) in [5.74, 6) is -0.774. The Labute approximate surface area is 214 Å². The summed E-state index contributed by atoms with van der Waals surface area (Å²) in [6.45, 7) is 8.85. The Hall–Kier alpha value is -2.08. The van der Waals surface area contributed by atoms with Crippen LogP contribution >= 0.6 is 0 Å². The quantitative estimate of drug-likeness (QED) is 0.120. The van der Waals surface area contributed by atoms with Crippen molar-refractivity contribution in [2.75, 3.05) is 33.3 Å². The molecule has 0 heterocycles. The Balaban J connectivity index is 3.07. The van der Waals surface area contributed by atoms with E-state index in [1.165, 1.54) is 6.07 Å². The second-order valence-electron chi connectivity index (χ2n) is 9.24. The highest BCUT2D eigenvalue weighted by molar-refractivity contribution is 5.99. The fourth-order valence-corrected chi connectivity index (χ4v) is 3.91. The summed E-state index contributed by atoms with van der Waals surface area (Å²) in [5, 5.41) is 39.7. The van der Waals surface area contributed by atoms with Gasteiger partial charge in [0.2, 0.25) is 0 Å². The van der Waals surface area contributed by atoms with E-state index in [1.54, 1.807) is 35.9 Å². The number of hydroxylamine groups is 1. The van der Waals surface area contributed by atoms with Crippen LogP contribution in [0.5, 0.6) is 0 Å². The summed E-state index contributed by atoms with van der Waals surface area (Å²) < 4.78 is 0. The predicted molar refractivity (Wildman–Crippen MR) is 137 cm³/mol. The van der Waals surface area contributed by atoms with Crippen molar-refractivity contribution < 1.29 is 34.9 Å². The van der Waals surface area contributed by atoms with Crippen LogP contribution in [0, 0.1) is 6.92 Å². The number of aliphatic hydroxyl groups excluding tert-OH is 4. The molecule has 36 heavy (non-hydrogen) atoms. The van der Waals surface area contributed by atoms with Crippen molar-refractivity contribution >= 4 is 11.8 Å². The zero-order chi connectivity index (χ0) is 27.3. The molecule has 10 nitrogen and oxygen atoms in total. The van der Waals surface area contributed by atoms with E-state index in [4.69, 9.17) is 9.94 Å². The minimum absolute atomic E-state index is 0.151. The van der Waals surface area contributed by atoms with Gasteiger partial charge in [0.15, 0.2) is 6.23 Å². The monoisotopic (exact) mass is 511 g/mol. The van der Waals surface area contributed by atoms with Gasteiger partial charge in [0, 0.05) is 30.8 Å². The van der Waals surface area contributed by atoms with Crippen LogP contribution in [0.4, 0.5) is 0 Å². The first-order chi connectivity index (χ1) is 17.1. The molecular formula is C26H45N3O7. The lowest BCUT2D eigenvalue weighted by Gasteiger charge is -2.34. The van der Waals surface area contributed by atoms with Crippen LogP contribution in [0.25, 0.3) is 0 Å². The number of benzene rings is 1. The molecule has 5 N–H and O–H groups in total. The number of rotatable bonds is 17. The van der Waals surface area contributed by atoms with Crippen molar-refractivity contribution in [2.24, 2.45) is 0 Å². The molecule has 0 saturated carbocycles. The van der Waals surface area contributed by atoms with E-state index in [0.29, 0.717) is 25.2 Å². The van der Waals surface area contributed by atoms with Gasteiger partial charge in [0.25, 0.3) is 11.8 Å². The van der Waals surface area contributed by atoms with Gasteiger partial charge >= 0.3 is 0 Å². The number of aryl methyl sites for hydroxylation is 1. The van der Waals surface area contributed by atoms with Crippen LogP contribution in [0.3, 0.4) is 0 Å². The van der Waals surface area contributed by atoms with Crippen LogP contribution < -0.4 is 5.48 Å². The van der Waals surface area contributed by atoms with Gasteiger partial charge in [-0.1, -0.05) is 33.6 Å². The van der Waals surface area contributed by atoms with Crippen LogP contribution in [-0.2, 0) is 4.84 Å². The molecule has 0 bridgehead atoms. The van der Waals surface area contributed by atoms with Gasteiger partial charge in [-0.25, -0.2) is 5.48 Å². The average Bonchev–Trinajstić information content (AvgIpc) is 2.86. The summed E-state index contributed by atoms with van der Waals surface area (Å²) in [7, 11) is 1.66. The van der Waals surface area contributed by atoms with Gasteiger partial charge in [0.05, 0.1) is 6.61 Å². The van der Waals surface area contributed by atoms with Gasteiger partial charge in [-0.15, -0.1) is 0 Å². The van der Waals surface area contributed by atoms with Crippen molar-refractivity contribution in [3.05, 3.63) is 34.9 Å². The lowest BCUT2D eigenvalue weighted by molar-refractivity contribution is -0.189. The van der Waals surface area contributed by atoms with Crippen molar-refractivity contribution in [1.29, 1.82) is 0 Å². The summed E-state index contributed by atoms with van der Waals surface area (Å²) in [6, 6.07) is 4.87. The van der Waals surface area contributed by atoms with E-state index in [0.717, 1.165) is 37.7 Å². The van der Waals surface area contributed by atoms with E-state index in [1.807, 2.05) is 13.8 Å². The van der Waals surface area contributed by atoms with Crippen LogP contribution in [0.15, 0.2) is 18.2 Å². The minimum Gasteiger partial charge on any atom is -0.394 e. The van der Waals surface area contributed by atoms with Gasteiger partial charge < -0.3 is 25.3 Å². The highest BCUT2D eigenvalue weighted by Crippen LogP contribution is 2.15. The lowest BCUT2D eigenvalue weighted by atomic mass is 10.0. The van der Waals surface area contributed by atoms with E-state index >= 15 is 0 Å². The molecule has 2 amide bonds. The highest BCUT2D eigenvalue weighted by Gasteiger charge is 2.35. The number of nitrogens with one attached hydrogen (secondary N) is 1. The number of carbonyl (C=O) groups is 2. The maximum Gasteiger partial charge on any atom is 0.274 e. The topological polar surface area (TPSA) is 143 Å². The smallest absolute Gasteiger partial charge is 0.274 e. The normalized spacial score (nSPS) is 14.8. The van der Waals surface area contributed by atoms with Gasteiger partial charge in [0.1, 0.15) is 18.3 Å². The molecule has 0 radical (unpaired) electrons. The summed E-state index contributed by atoms with van der Waals surface area (Å²) in [6.07, 6.45) is -1.73. The average molecular weight is 512 g/mol. The molecule has 206 valence electrons. The number of hydrogen-bond donors (Lipinski definition) is 5. The summed E-state index contributed by atoms with van der Waals surface area (Å²) >= 11 is 0. The van der Waals surface area contributed by atoms with Gasteiger partial charge in [-0.3, -0.25) is 19.3 Å². The van der Waals surface area contributed by atoms with Gasteiger partial charge in [-0.2, -0.15) is 0 Å². The molecule has 0 aromatic heterocycles. The van der Waals surface area contributed by atoms with Crippen LogP contribution in [0.1, 0.15) is 79.2 Å². The third-order valence-electron chi connectivity index (χ3n) is 5.91. The Bertz CT molecular complexity index is 802. The molecule has 0 aliphatic rings. The molecular weight excluding hydrogens is 466 g/mol. The third kappa shape index (κ3) is 9.76. The number of carbonyl (C=O) groups excluding carboxylic acids is 2. The first-order valence-electron chi connectivity index (χ1n) is 12.8. The fraction of sp³-hybridized carbons (Fsp3) is 0.692. The summed E-state index contributed by atoms with van der Waals surface area (Å²) in [4.78, 5) is 34.9. The number of hydrogen-bond acceptors (Lipinski definition) is 8. The summed E-state index contributed by atoms with van der Waals surface area (Å²) in [5.41, 5.74) is 3.66. The zero-order valence-corrected chi connectivity index (χ0v) is 22.3. The van der Waals surface area contributed by atoms with E-state index in [-0.39, 0.29) is 11.5 Å². The molecule has 1 aromatic carbocycles. The Morgan fingerprint density at radius 1 is 0.917 bits per heavy atom. The minimum atomic E-state index is -1.70. The molecule has 1 unspecified atom stereocenters. The predicted octanol–water partition coefficient (Wildman–Crippen LogP) is 1.44. The molecule has 0 aliphatic carbocycles. The highest BCUT2D eigenvalue weighted by atomic mass is 16.7. The Morgan fingerprint density at radius 2 is 1.53 bits per heavy atom. The number of amides is 2. The third-order valence-corrected chi connectivity index (χ3v) is 5.91. The zero-order valence-electron chi connectivity index (χ0n) is 22.3. The Kier molecular flexibility index (Phi) is 14.8. The number of nitrogens with zero attached hydrogens (tertiary/aromatic N) is 2. The lowest BCUT2D eigenvalue weighted by Crippen LogP contribution is -2.55. The van der Waals surface area contributed by atoms with Crippen LogP contribution in [-0.4, -0.2) is 99.9 Å². The van der Waals surface area contributed by atoms with Crippen molar-refractivity contribution in [1.82, 2.24) is 15.3 Å². The largest absolute Gasteiger partial charge is 0.394 e. The molecule has 0 fully saturated rings. The van der Waals surface area contributed by atoms with Crippen LogP contribution in [0.2, 0.25) is 0 Å². The number of likely N-dealkylation sites (N-methyl/N-ethyl adjacent to an activating group) is 1. The first-order valence-corrected chi connectivity index (χ1v) is 12.8. The first kappa shape index (κ1) is 31.9. The maximum absolute atomic E-state index is 13.0. The fourth-order valence-electron chi connectivity index (χ4n) is 3.91. The molecule has 0 spiro atoms. The second kappa shape index (κ2) is 16.6. The van der Waals surface area contributed by atoms with Crippen molar-refractivity contribution in [2.45, 2.75) is 84.3 Å². The SMILES string of the molecule is CCCCCN(C)C(ONC(=O)c1cc(C)cc(C(=O)N(CCC)CCC)c1)[C@H](O)[C@@H](O)[C@@H](O)CO. The molecule has 0 saturated heterocycles. The molecule has 1 rings (SSSR count). The standard InChI is InChI=1S/C26H45N3O7/c1-6-9-10-13-28(5)26(23(33)22(32)21(31)17-30)36-27-24(34)19-14-18(4)15-20(16-19)25(35)29(11-7-2)12-8-3/h14-16,21-23,26,30-33H,6-13,17H2,1-5H3,(H,27,34)/t21-,22-,23+,26?/m0/s1. The van der Waals surface area contributed by atoms with E-state index in [9.17, 15) is 24.9 Å². The molecule has 1 aromatic rings. The second-order valence-corrected chi connectivity index (χ2v) is 9.24. The molecule has 10 heteroatoms. The van der Waals surface area contributed by atoms with E-state index in [2.05, 4.69) is 12.4 Å². The maximum atomic E-state index is 13.0. The molecule has 4 atom stereocenters. The van der Waals surface area contributed by atoms with E-state index < -0.39 is 37.1 Å². The Morgan fingerprint density at radius 3 is 2.08 bits per heavy atom. The molecule has 0 aliphatic heterocycles. The van der Waals surface area contributed by atoms with Gasteiger partial charge in [-0.05, 0) is 57.0 Å².